The fraction of sp³-hybridized carbons (Fsp3) is 0.273. The lowest BCUT2D eigenvalue weighted by atomic mass is 10.2. The number of carbonyl (C=O) groups excluding carboxylic acids is 2. The minimum Gasteiger partial charge on any atom is -0.356 e. The van der Waals surface area contributed by atoms with Gasteiger partial charge in [0.05, 0.1) is 4.88 Å². The summed E-state index contributed by atoms with van der Waals surface area (Å²) in [6.07, 6.45) is 5.57. The Hall–Kier alpha value is -1.42. The third-order valence-corrected chi connectivity index (χ3v) is 2.63. The number of amides is 1. The van der Waals surface area contributed by atoms with E-state index in [2.05, 4.69) is 5.32 Å². The monoisotopic (exact) mass is 223 g/mol. The van der Waals surface area contributed by atoms with E-state index in [0.717, 1.165) is 23.1 Å². The van der Waals surface area contributed by atoms with E-state index in [1.165, 1.54) is 18.3 Å². The highest BCUT2D eigenvalue weighted by Gasteiger charge is 1.94. The van der Waals surface area contributed by atoms with Gasteiger partial charge in [0, 0.05) is 13.5 Å². The maximum atomic E-state index is 10.5. The van der Waals surface area contributed by atoms with Crippen molar-refractivity contribution < 1.29 is 9.59 Å². The number of carbonyl (C=O) groups is 2. The second-order valence-corrected chi connectivity index (χ2v) is 4.02. The molecular weight excluding hydrogens is 210 g/mol. The summed E-state index contributed by atoms with van der Waals surface area (Å²) in [5, 5.41) is 4.63. The van der Waals surface area contributed by atoms with Gasteiger partial charge in [-0.25, -0.2) is 0 Å². The second-order valence-electron chi connectivity index (χ2n) is 3.07. The summed E-state index contributed by atoms with van der Waals surface area (Å²) >= 11 is 1.43. The van der Waals surface area contributed by atoms with Gasteiger partial charge in [-0.15, -0.1) is 11.3 Å². The Morgan fingerprint density at radius 2 is 2.40 bits per heavy atom. The van der Waals surface area contributed by atoms with Gasteiger partial charge >= 0.3 is 0 Å². The first-order valence-electron chi connectivity index (χ1n) is 4.67. The van der Waals surface area contributed by atoms with Crippen LogP contribution in [0, 0.1) is 0 Å². The average molecular weight is 223 g/mol. The molecule has 1 amide bonds. The Balaban J connectivity index is 2.31. The smallest absolute Gasteiger partial charge is 0.216 e. The van der Waals surface area contributed by atoms with Crippen molar-refractivity contribution in [3.63, 3.8) is 0 Å². The topological polar surface area (TPSA) is 46.2 Å². The molecule has 0 atom stereocenters. The summed E-state index contributed by atoms with van der Waals surface area (Å²) in [7, 11) is 0. The summed E-state index contributed by atoms with van der Waals surface area (Å²) in [4.78, 5) is 21.7. The number of hydrogen-bond donors (Lipinski definition) is 1. The third kappa shape index (κ3) is 4.56. The van der Waals surface area contributed by atoms with E-state index in [1.807, 2.05) is 23.6 Å². The Labute approximate surface area is 92.8 Å². The number of hydrogen-bond acceptors (Lipinski definition) is 3. The molecule has 4 heteroatoms. The Bertz CT molecular complexity index is 368. The van der Waals surface area contributed by atoms with Crippen molar-refractivity contribution in [3.8, 4) is 0 Å². The quantitative estimate of drug-likeness (QED) is 0.613. The molecule has 1 aromatic rings. The van der Waals surface area contributed by atoms with E-state index >= 15 is 0 Å². The van der Waals surface area contributed by atoms with E-state index in [9.17, 15) is 9.59 Å². The van der Waals surface area contributed by atoms with E-state index in [4.69, 9.17) is 0 Å². The normalized spacial score (nSPS) is 10.5. The summed E-state index contributed by atoms with van der Waals surface area (Å²) in [5.41, 5.74) is 1.03. The minimum atomic E-state index is -0.0119. The van der Waals surface area contributed by atoms with Crippen molar-refractivity contribution in [1.82, 2.24) is 5.32 Å². The molecule has 0 saturated heterocycles. The zero-order chi connectivity index (χ0) is 11.1. The number of rotatable bonds is 5. The molecule has 0 unspecified atom stereocenters. The van der Waals surface area contributed by atoms with Crippen molar-refractivity contribution in [2.45, 2.75) is 13.3 Å². The Morgan fingerprint density at radius 3 is 3.00 bits per heavy atom. The molecule has 0 radical (unpaired) electrons. The van der Waals surface area contributed by atoms with Crippen LogP contribution in [0.1, 0.15) is 28.6 Å². The molecule has 0 spiro atoms. The Morgan fingerprint density at radius 1 is 1.60 bits per heavy atom. The first kappa shape index (κ1) is 11.7. The summed E-state index contributed by atoms with van der Waals surface area (Å²) in [5.74, 6) is -0.0119. The van der Waals surface area contributed by atoms with E-state index in [-0.39, 0.29) is 5.91 Å². The van der Waals surface area contributed by atoms with Crippen LogP contribution in [0.2, 0.25) is 0 Å². The summed E-state index contributed by atoms with van der Waals surface area (Å²) in [6, 6.07) is 1.84. The molecule has 0 saturated carbocycles. The second kappa shape index (κ2) is 6.14. The van der Waals surface area contributed by atoms with Crippen LogP contribution in [-0.4, -0.2) is 18.7 Å². The van der Waals surface area contributed by atoms with Crippen LogP contribution in [-0.2, 0) is 4.79 Å². The zero-order valence-corrected chi connectivity index (χ0v) is 9.34. The van der Waals surface area contributed by atoms with Crippen LogP contribution in [0.15, 0.2) is 17.5 Å². The number of thiophene rings is 1. The molecular formula is C11H13NO2S. The maximum Gasteiger partial charge on any atom is 0.216 e. The molecule has 1 heterocycles. The van der Waals surface area contributed by atoms with Crippen LogP contribution in [0.3, 0.4) is 0 Å². The lowest BCUT2D eigenvalue weighted by molar-refractivity contribution is -0.118. The predicted molar refractivity (Wildman–Crippen MR) is 62.0 cm³/mol. The van der Waals surface area contributed by atoms with Crippen LogP contribution in [0.25, 0.3) is 6.08 Å². The van der Waals surface area contributed by atoms with Gasteiger partial charge in [0.15, 0.2) is 6.29 Å². The fourth-order valence-electron chi connectivity index (χ4n) is 1.07. The van der Waals surface area contributed by atoms with Crippen molar-refractivity contribution in [3.05, 3.63) is 28.0 Å². The largest absolute Gasteiger partial charge is 0.356 e. The molecule has 80 valence electrons. The van der Waals surface area contributed by atoms with Crippen molar-refractivity contribution >= 4 is 29.6 Å². The van der Waals surface area contributed by atoms with Gasteiger partial charge in [0.25, 0.3) is 0 Å². The van der Waals surface area contributed by atoms with Gasteiger partial charge < -0.3 is 5.32 Å². The lowest BCUT2D eigenvalue weighted by Gasteiger charge is -1.95. The molecule has 0 fully saturated rings. The molecule has 15 heavy (non-hydrogen) atoms. The number of nitrogens with one attached hydrogen (secondary N) is 1. The molecule has 0 aliphatic carbocycles. The molecule has 1 rings (SSSR count). The highest BCUT2D eigenvalue weighted by atomic mass is 32.1. The predicted octanol–water partition coefficient (Wildman–Crippen LogP) is 2.10. The van der Waals surface area contributed by atoms with Crippen molar-refractivity contribution in [2.24, 2.45) is 0 Å². The van der Waals surface area contributed by atoms with Gasteiger partial charge in [-0.1, -0.05) is 12.2 Å². The fourth-order valence-corrected chi connectivity index (χ4v) is 1.75. The van der Waals surface area contributed by atoms with E-state index < -0.39 is 0 Å². The van der Waals surface area contributed by atoms with Crippen molar-refractivity contribution in [1.29, 1.82) is 0 Å². The highest BCUT2D eigenvalue weighted by molar-refractivity contribution is 7.11. The van der Waals surface area contributed by atoms with E-state index in [1.54, 1.807) is 0 Å². The minimum absolute atomic E-state index is 0.0119. The van der Waals surface area contributed by atoms with E-state index in [0.29, 0.717) is 6.54 Å². The number of aldehydes is 1. The standard InChI is InChI=1S/C11H13NO2S/c1-9(14)12-5-3-2-4-10-6-11(7-13)15-8-10/h2,4,6-8H,3,5H2,1H3,(H,12,14). The zero-order valence-electron chi connectivity index (χ0n) is 8.53. The van der Waals surface area contributed by atoms with Gasteiger partial charge in [-0.05, 0) is 23.4 Å². The van der Waals surface area contributed by atoms with Crippen LogP contribution in [0.4, 0.5) is 0 Å². The first-order valence-corrected chi connectivity index (χ1v) is 5.55. The molecule has 3 nitrogen and oxygen atoms in total. The molecule has 0 aromatic carbocycles. The molecule has 0 aliphatic heterocycles. The maximum absolute atomic E-state index is 10.5. The molecule has 1 aromatic heterocycles. The third-order valence-electron chi connectivity index (χ3n) is 1.75. The first-order chi connectivity index (χ1) is 7.22. The Kier molecular flexibility index (Phi) is 4.77. The van der Waals surface area contributed by atoms with Crippen LogP contribution >= 0.6 is 11.3 Å². The average Bonchev–Trinajstić information content (AvgIpc) is 2.65. The van der Waals surface area contributed by atoms with Gasteiger partial charge in [-0.2, -0.15) is 0 Å². The van der Waals surface area contributed by atoms with Crippen molar-refractivity contribution in [2.75, 3.05) is 6.54 Å². The SMILES string of the molecule is CC(=O)NCCC=Cc1csc(C=O)c1. The highest BCUT2D eigenvalue weighted by Crippen LogP contribution is 2.13. The molecule has 1 N–H and O–H groups in total. The van der Waals surface area contributed by atoms with Gasteiger partial charge in [-0.3, -0.25) is 9.59 Å². The van der Waals surface area contributed by atoms with Gasteiger partial charge in [0.2, 0.25) is 5.91 Å². The lowest BCUT2D eigenvalue weighted by Crippen LogP contribution is -2.20. The molecule has 0 bridgehead atoms. The van der Waals surface area contributed by atoms with Gasteiger partial charge in [0.1, 0.15) is 0 Å². The van der Waals surface area contributed by atoms with Crippen LogP contribution in [0.5, 0.6) is 0 Å². The van der Waals surface area contributed by atoms with Crippen LogP contribution < -0.4 is 5.32 Å². The summed E-state index contributed by atoms with van der Waals surface area (Å²) < 4.78 is 0. The molecule has 0 aliphatic rings. The summed E-state index contributed by atoms with van der Waals surface area (Å²) in [6.45, 7) is 2.15.